The molecular formula is C23H28FN5O2. The average molecular weight is 426 g/mol. The molecule has 3 heterocycles. The third-order valence-corrected chi connectivity index (χ3v) is 6.55. The van der Waals surface area contributed by atoms with Crippen LogP contribution in [0, 0.1) is 31.5 Å². The van der Waals surface area contributed by atoms with E-state index in [1.165, 1.54) is 12.4 Å². The summed E-state index contributed by atoms with van der Waals surface area (Å²) in [6.45, 7) is 8.04. The molecule has 1 aromatic carbocycles. The fourth-order valence-corrected chi connectivity index (χ4v) is 4.90. The van der Waals surface area contributed by atoms with Crippen LogP contribution in [0.1, 0.15) is 44.1 Å². The van der Waals surface area contributed by atoms with E-state index in [1.807, 2.05) is 18.7 Å². The van der Waals surface area contributed by atoms with Gasteiger partial charge in [-0.1, -0.05) is 6.07 Å². The van der Waals surface area contributed by atoms with Gasteiger partial charge in [0.1, 0.15) is 12.1 Å². The number of primary amides is 1. The molecule has 4 rings (SSSR count). The average Bonchev–Trinajstić information content (AvgIpc) is 3.27. The molecule has 31 heavy (non-hydrogen) atoms. The predicted molar refractivity (Wildman–Crippen MR) is 114 cm³/mol. The summed E-state index contributed by atoms with van der Waals surface area (Å²) in [5, 5.41) is 0. The summed E-state index contributed by atoms with van der Waals surface area (Å²) in [5.74, 6) is -0.0149. The maximum absolute atomic E-state index is 14.1. The maximum Gasteiger partial charge on any atom is 0.257 e. The SMILES string of the molecule is Cc1ncnc(C)c1C(=O)N1CC2CN(CCCc3ccc(C(N)=O)cc3F)CC2C1. The minimum Gasteiger partial charge on any atom is -0.366 e. The summed E-state index contributed by atoms with van der Waals surface area (Å²) in [4.78, 5) is 36.9. The van der Waals surface area contributed by atoms with Gasteiger partial charge in [0.25, 0.3) is 5.91 Å². The Labute approximate surface area is 181 Å². The Morgan fingerprint density at radius 3 is 2.32 bits per heavy atom. The van der Waals surface area contributed by atoms with Crippen LogP contribution in [0.2, 0.25) is 0 Å². The second kappa shape index (κ2) is 8.70. The van der Waals surface area contributed by atoms with Crippen molar-refractivity contribution in [1.29, 1.82) is 0 Å². The lowest BCUT2D eigenvalue weighted by molar-refractivity contribution is 0.0771. The first-order chi connectivity index (χ1) is 14.8. The lowest BCUT2D eigenvalue weighted by Gasteiger charge is -2.22. The molecule has 2 aliphatic rings. The number of amides is 2. The van der Waals surface area contributed by atoms with Crippen LogP contribution in [0.15, 0.2) is 24.5 Å². The van der Waals surface area contributed by atoms with Gasteiger partial charge in [-0.25, -0.2) is 14.4 Å². The Morgan fingerprint density at radius 1 is 1.10 bits per heavy atom. The van der Waals surface area contributed by atoms with Crippen LogP contribution in [-0.2, 0) is 6.42 Å². The molecule has 0 bridgehead atoms. The molecule has 2 saturated heterocycles. The van der Waals surface area contributed by atoms with Gasteiger partial charge in [0.15, 0.2) is 0 Å². The lowest BCUT2D eigenvalue weighted by Crippen LogP contribution is -2.34. The van der Waals surface area contributed by atoms with E-state index in [1.54, 1.807) is 12.1 Å². The van der Waals surface area contributed by atoms with Crippen LogP contribution in [0.3, 0.4) is 0 Å². The number of carbonyl (C=O) groups excluding carboxylic acids is 2. The Bertz CT molecular complexity index is 977. The Morgan fingerprint density at radius 2 is 1.74 bits per heavy atom. The number of nitrogens with zero attached hydrogens (tertiary/aromatic N) is 4. The minimum atomic E-state index is -0.619. The van der Waals surface area contributed by atoms with Gasteiger partial charge in [-0.2, -0.15) is 0 Å². The normalized spacial score (nSPS) is 20.8. The molecule has 0 radical (unpaired) electrons. The number of rotatable bonds is 6. The molecule has 0 aliphatic carbocycles. The zero-order valence-electron chi connectivity index (χ0n) is 18.0. The number of benzene rings is 1. The maximum atomic E-state index is 14.1. The fourth-order valence-electron chi connectivity index (χ4n) is 4.90. The standard InChI is InChI=1S/C23H28FN5O2/c1-14-21(15(2)27-13-26-14)23(31)29-11-18-9-28(10-19(18)12-29)7-3-4-16-5-6-17(22(25)30)8-20(16)24/h5-6,8,13,18-19H,3-4,7,9-12H2,1-2H3,(H2,25,30). The quantitative estimate of drug-likeness (QED) is 0.764. The monoisotopic (exact) mass is 425 g/mol. The van der Waals surface area contributed by atoms with Crippen molar-refractivity contribution >= 4 is 11.8 Å². The van der Waals surface area contributed by atoms with E-state index in [-0.39, 0.29) is 17.3 Å². The van der Waals surface area contributed by atoms with Gasteiger partial charge in [0.05, 0.1) is 17.0 Å². The van der Waals surface area contributed by atoms with Crippen molar-refractivity contribution in [3.63, 3.8) is 0 Å². The molecule has 2 amide bonds. The summed E-state index contributed by atoms with van der Waals surface area (Å²) in [7, 11) is 0. The van der Waals surface area contributed by atoms with Crippen molar-refractivity contribution in [3.05, 3.63) is 58.4 Å². The molecular weight excluding hydrogens is 397 g/mol. The lowest BCUT2D eigenvalue weighted by atomic mass is 10.0. The molecule has 2 atom stereocenters. The Hall–Kier alpha value is -2.87. The Balaban J connectivity index is 1.27. The highest BCUT2D eigenvalue weighted by Crippen LogP contribution is 2.32. The molecule has 0 spiro atoms. The topological polar surface area (TPSA) is 92.4 Å². The second-order valence-electron chi connectivity index (χ2n) is 8.68. The highest BCUT2D eigenvalue weighted by atomic mass is 19.1. The van der Waals surface area contributed by atoms with Crippen molar-refractivity contribution in [2.24, 2.45) is 17.6 Å². The van der Waals surface area contributed by atoms with Crippen molar-refractivity contribution in [2.45, 2.75) is 26.7 Å². The minimum absolute atomic E-state index is 0.0337. The third kappa shape index (κ3) is 4.44. The van der Waals surface area contributed by atoms with E-state index in [0.717, 1.165) is 50.5 Å². The number of likely N-dealkylation sites (tertiary alicyclic amines) is 2. The van der Waals surface area contributed by atoms with E-state index < -0.39 is 5.91 Å². The molecule has 1 aromatic heterocycles. The van der Waals surface area contributed by atoms with Crippen LogP contribution >= 0.6 is 0 Å². The number of fused-ring (bicyclic) bond motifs is 1. The molecule has 2 N–H and O–H groups in total. The van der Waals surface area contributed by atoms with E-state index >= 15 is 0 Å². The van der Waals surface area contributed by atoms with Crippen LogP contribution in [0.25, 0.3) is 0 Å². The van der Waals surface area contributed by atoms with Crippen LogP contribution in [-0.4, -0.2) is 64.3 Å². The molecule has 7 nitrogen and oxygen atoms in total. The van der Waals surface area contributed by atoms with Crippen molar-refractivity contribution in [2.75, 3.05) is 32.7 Å². The molecule has 0 saturated carbocycles. The van der Waals surface area contributed by atoms with Gasteiger partial charge >= 0.3 is 0 Å². The summed E-state index contributed by atoms with van der Waals surface area (Å²) in [6, 6.07) is 4.44. The zero-order valence-corrected chi connectivity index (χ0v) is 18.0. The van der Waals surface area contributed by atoms with Crippen LogP contribution in [0.4, 0.5) is 4.39 Å². The van der Waals surface area contributed by atoms with Gasteiger partial charge in [-0.15, -0.1) is 0 Å². The first kappa shape index (κ1) is 21.4. The number of hydrogen-bond donors (Lipinski definition) is 1. The van der Waals surface area contributed by atoms with Crippen molar-refractivity contribution in [3.8, 4) is 0 Å². The number of nitrogens with two attached hydrogens (primary N) is 1. The second-order valence-corrected chi connectivity index (χ2v) is 8.68. The molecule has 2 unspecified atom stereocenters. The fraction of sp³-hybridized carbons (Fsp3) is 0.478. The first-order valence-electron chi connectivity index (χ1n) is 10.7. The van der Waals surface area contributed by atoms with Crippen molar-refractivity contribution in [1.82, 2.24) is 19.8 Å². The smallest absolute Gasteiger partial charge is 0.257 e. The number of aromatic nitrogens is 2. The Kier molecular flexibility index (Phi) is 6.00. The van der Waals surface area contributed by atoms with Crippen LogP contribution < -0.4 is 5.73 Å². The summed E-state index contributed by atoms with van der Waals surface area (Å²) in [5.41, 5.74) is 8.08. The van der Waals surface area contributed by atoms with E-state index in [0.29, 0.717) is 29.4 Å². The zero-order chi connectivity index (χ0) is 22.1. The van der Waals surface area contributed by atoms with Gasteiger partial charge in [-0.05, 0) is 62.8 Å². The largest absolute Gasteiger partial charge is 0.366 e. The van der Waals surface area contributed by atoms with E-state index in [4.69, 9.17) is 5.73 Å². The summed E-state index contributed by atoms with van der Waals surface area (Å²) in [6.07, 6.45) is 2.96. The van der Waals surface area contributed by atoms with E-state index in [2.05, 4.69) is 14.9 Å². The summed E-state index contributed by atoms with van der Waals surface area (Å²) < 4.78 is 14.1. The molecule has 2 fully saturated rings. The molecule has 2 aliphatic heterocycles. The molecule has 164 valence electrons. The van der Waals surface area contributed by atoms with Gasteiger partial charge in [0, 0.05) is 31.7 Å². The highest BCUT2D eigenvalue weighted by molar-refractivity contribution is 5.96. The van der Waals surface area contributed by atoms with Gasteiger partial charge < -0.3 is 15.5 Å². The van der Waals surface area contributed by atoms with Gasteiger partial charge in [-0.3, -0.25) is 9.59 Å². The summed E-state index contributed by atoms with van der Waals surface area (Å²) >= 11 is 0. The van der Waals surface area contributed by atoms with E-state index in [9.17, 15) is 14.0 Å². The number of aryl methyl sites for hydroxylation is 3. The first-order valence-corrected chi connectivity index (χ1v) is 10.7. The number of carbonyl (C=O) groups is 2. The molecule has 8 heteroatoms. The molecule has 2 aromatic rings. The number of halogens is 1. The van der Waals surface area contributed by atoms with Crippen molar-refractivity contribution < 1.29 is 14.0 Å². The van der Waals surface area contributed by atoms with Crippen LogP contribution in [0.5, 0.6) is 0 Å². The number of hydrogen-bond acceptors (Lipinski definition) is 5. The predicted octanol–water partition coefficient (Wildman–Crippen LogP) is 1.97. The highest BCUT2D eigenvalue weighted by Gasteiger charge is 2.41. The van der Waals surface area contributed by atoms with Gasteiger partial charge in [0.2, 0.25) is 5.91 Å². The third-order valence-electron chi connectivity index (χ3n) is 6.55.